The molecule has 0 radical (unpaired) electrons. The number of para-hydroxylation sites is 2. The molecule has 4 aromatic rings. The van der Waals surface area contributed by atoms with E-state index in [1.807, 2.05) is 24.3 Å². The lowest BCUT2D eigenvalue weighted by molar-refractivity contribution is 0.163. The first-order valence-corrected chi connectivity index (χ1v) is 11.2. The molecule has 3 aromatic heterocycles. The fraction of sp³-hybridized carbons (Fsp3) is 0.318. The second kappa shape index (κ2) is 7.21. The van der Waals surface area contributed by atoms with Crippen LogP contribution >= 0.6 is 11.3 Å². The molecule has 1 aromatic carbocycles. The molecule has 1 N–H and O–H groups in total. The zero-order valence-corrected chi connectivity index (χ0v) is 17.6. The lowest BCUT2D eigenvalue weighted by atomic mass is 10.1. The lowest BCUT2D eigenvalue weighted by Gasteiger charge is -2.45. The van der Waals surface area contributed by atoms with E-state index in [4.69, 9.17) is 4.74 Å². The molecule has 0 saturated carbocycles. The molecule has 1 fully saturated rings. The van der Waals surface area contributed by atoms with Crippen LogP contribution in [-0.2, 0) is 6.54 Å². The van der Waals surface area contributed by atoms with Crippen LogP contribution in [-0.4, -0.2) is 58.3 Å². The van der Waals surface area contributed by atoms with Gasteiger partial charge in [-0.3, -0.25) is 19.2 Å². The van der Waals surface area contributed by atoms with Gasteiger partial charge in [-0.25, -0.2) is 4.79 Å². The molecule has 1 unspecified atom stereocenters. The Hall–Kier alpha value is -3.17. The maximum absolute atomic E-state index is 13.0. The summed E-state index contributed by atoms with van der Waals surface area (Å²) in [5.74, 6) is 0.942. The maximum atomic E-state index is 13.0. The first-order chi connectivity index (χ1) is 15.2. The van der Waals surface area contributed by atoms with E-state index in [2.05, 4.69) is 25.8 Å². The van der Waals surface area contributed by atoms with E-state index in [1.165, 1.54) is 15.9 Å². The molecule has 158 valence electrons. The number of aromatic nitrogens is 3. The highest BCUT2D eigenvalue weighted by molar-refractivity contribution is 7.25. The van der Waals surface area contributed by atoms with Crippen LogP contribution < -0.4 is 20.9 Å². The minimum absolute atomic E-state index is 0.228. The fourth-order valence-electron chi connectivity index (χ4n) is 4.64. The molecule has 2 aliphatic heterocycles. The number of thiophene rings is 1. The second-order valence-electron chi connectivity index (χ2n) is 7.99. The largest absolute Gasteiger partial charge is 0.489 e. The van der Waals surface area contributed by atoms with Crippen LogP contribution in [0.5, 0.6) is 5.75 Å². The Bertz CT molecular complexity index is 1410. The van der Waals surface area contributed by atoms with Crippen LogP contribution in [0, 0.1) is 0 Å². The number of nitrogens with zero attached hydrogens (tertiary/aromatic N) is 4. The van der Waals surface area contributed by atoms with Gasteiger partial charge in [0, 0.05) is 55.2 Å². The third-order valence-electron chi connectivity index (χ3n) is 6.22. The van der Waals surface area contributed by atoms with Gasteiger partial charge in [0.1, 0.15) is 17.1 Å². The highest BCUT2D eigenvalue weighted by Crippen LogP contribution is 2.34. The summed E-state index contributed by atoms with van der Waals surface area (Å²) < 4.78 is 8.78. The van der Waals surface area contributed by atoms with Crippen molar-refractivity contribution < 1.29 is 4.74 Å². The number of benzene rings is 1. The zero-order valence-electron chi connectivity index (χ0n) is 16.8. The molecule has 0 amide bonds. The summed E-state index contributed by atoms with van der Waals surface area (Å²) in [4.78, 5) is 37.5. The molecule has 9 heteroatoms. The number of rotatable bonds is 3. The van der Waals surface area contributed by atoms with Gasteiger partial charge in [0.15, 0.2) is 0 Å². The van der Waals surface area contributed by atoms with Crippen molar-refractivity contribution in [3.63, 3.8) is 0 Å². The fourth-order valence-corrected chi connectivity index (χ4v) is 5.71. The summed E-state index contributed by atoms with van der Waals surface area (Å²) in [7, 11) is 0. The molecule has 5 heterocycles. The van der Waals surface area contributed by atoms with Crippen LogP contribution in [0.15, 0.2) is 52.3 Å². The summed E-state index contributed by atoms with van der Waals surface area (Å²) in [5.41, 5.74) is 1.14. The van der Waals surface area contributed by atoms with E-state index in [0.717, 1.165) is 41.2 Å². The molecule has 1 saturated heterocycles. The summed E-state index contributed by atoms with van der Waals surface area (Å²) in [6.07, 6.45) is 3.39. The van der Waals surface area contributed by atoms with Crippen molar-refractivity contribution in [1.82, 2.24) is 19.4 Å². The molecule has 2 aliphatic rings. The standard InChI is InChI=1S/C22H21N5O3S/c28-21-20-19(15-11-23-6-5-18(15)31-20)24-22(29)27(21)10-8-25-7-9-26-14(12-25)13-30-17-4-2-1-3-16(17)26/h1-6,11,14H,7-10,12-13H2,(H,24,29). The predicted octanol–water partition coefficient (Wildman–Crippen LogP) is 1.88. The van der Waals surface area contributed by atoms with Crippen LogP contribution in [0.1, 0.15) is 0 Å². The number of hydrogen-bond acceptors (Lipinski definition) is 7. The molecule has 8 nitrogen and oxygen atoms in total. The second-order valence-corrected chi connectivity index (χ2v) is 9.04. The van der Waals surface area contributed by atoms with Crippen molar-refractivity contribution in [3.05, 3.63) is 63.6 Å². The van der Waals surface area contributed by atoms with E-state index in [0.29, 0.717) is 29.9 Å². The van der Waals surface area contributed by atoms with Crippen molar-refractivity contribution in [3.8, 4) is 5.75 Å². The van der Waals surface area contributed by atoms with E-state index in [-0.39, 0.29) is 17.3 Å². The molecule has 0 bridgehead atoms. The number of ether oxygens (including phenoxy) is 1. The minimum Gasteiger partial charge on any atom is -0.489 e. The number of fused-ring (bicyclic) bond motifs is 6. The molecular formula is C22H21N5O3S. The molecule has 0 aliphatic carbocycles. The van der Waals surface area contributed by atoms with Crippen LogP contribution in [0.3, 0.4) is 0 Å². The van der Waals surface area contributed by atoms with Crippen molar-refractivity contribution in [2.24, 2.45) is 0 Å². The van der Waals surface area contributed by atoms with Crippen LogP contribution in [0.25, 0.3) is 20.3 Å². The van der Waals surface area contributed by atoms with E-state index in [1.54, 1.807) is 12.4 Å². The Morgan fingerprint density at radius 2 is 2.06 bits per heavy atom. The third kappa shape index (κ3) is 3.03. The number of piperazine rings is 1. The topological polar surface area (TPSA) is 83.5 Å². The van der Waals surface area contributed by atoms with E-state index in [9.17, 15) is 9.59 Å². The predicted molar refractivity (Wildman–Crippen MR) is 122 cm³/mol. The Balaban J connectivity index is 1.22. The smallest absolute Gasteiger partial charge is 0.328 e. The highest BCUT2D eigenvalue weighted by atomic mass is 32.1. The van der Waals surface area contributed by atoms with Gasteiger partial charge < -0.3 is 14.6 Å². The van der Waals surface area contributed by atoms with Crippen molar-refractivity contribution >= 4 is 37.3 Å². The molecule has 0 spiro atoms. The third-order valence-corrected chi connectivity index (χ3v) is 7.38. The number of hydrogen-bond donors (Lipinski definition) is 1. The van der Waals surface area contributed by atoms with Gasteiger partial charge in [-0.05, 0) is 18.2 Å². The Morgan fingerprint density at radius 1 is 1.16 bits per heavy atom. The normalized spacial score (nSPS) is 18.7. The Morgan fingerprint density at radius 3 is 3.00 bits per heavy atom. The number of anilines is 1. The van der Waals surface area contributed by atoms with Gasteiger partial charge in [-0.1, -0.05) is 12.1 Å². The van der Waals surface area contributed by atoms with Gasteiger partial charge in [0.25, 0.3) is 5.56 Å². The molecule has 31 heavy (non-hydrogen) atoms. The maximum Gasteiger partial charge on any atom is 0.328 e. The van der Waals surface area contributed by atoms with Gasteiger partial charge >= 0.3 is 5.69 Å². The first kappa shape index (κ1) is 18.6. The lowest BCUT2D eigenvalue weighted by Crippen LogP contribution is -2.57. The van der Waals surface area contributed by atoms with Crippen LogP contribution in [0.2, 0.25) is 0 Å². The Labute approximate surface area is 181 Å². The van der Waals surface area contributed by atoms with Crippen molar-refractivity contribution in [1.29, 1.82) is 0 Å². The summed E-state index contributed by atoms with van der Waals surface area (Å²) in [6.45, 7) is 4.29. The molecule has 6 rings (SSSR count). The Kier molecular flexibility index (Phi) is 4.32. The van der Waals surface area contributed by atoms with E-state index >= 15 is 0 Å². The SMILES string of the molecule is O=c1[nH]c2c(sc3ccncc32)c(=O)n1CCN1CCN2c3ccccc3OCC2C1. The number of aromatic amines is 1. The zero-order chi connectivity index (χ0) is 20.9. The average molecular weight is 436 g/mol. The summed E-state index contributed by atoms with van der Waals surface area (Å²) in [5, 5.41) is 0.817. The van der Waals surface area contributed by atoms with Crippen molar-refractivity contribution in [2.75, 3.05) is 37.7 Å². The highest BCUT2D eigenvalue weighted by Gasteiger charge is 2.32. The van der Waals surface area contributed by atoms with Gasteiger partial charge in [0.2, 0.25) is 0 Å². The van der Waals surface area contributed by atoms with Gasteiger partial charge in [-0.15, -0.1) is 11.3 Å². The average Bonchev–Trinajstić information content (AvgIpc) is 3.17. The number of nitrogens with one attached hydrogen (secondary N) is 1. The van der Waals surface area contributed by atoms with Gasteiger partial charge in [0.05, 0.1) is 17.2 Å². The monoisotopic (exact) mass is 435 g/mol. The molecular weight excluding hydrogens is 414 g/mol. The molecule has 1 atom stereocenters. The van der Waals surface area contributed by atoms with E-state index < -0.39 is 0 Å². The quantitative estimate of drug-likeness (QED) is 0.529. The number of pyridine rings is 1. The summed E-state index contributed by atoms with van der Waals surface area (Å²) in [6, 6.07) is 10.3. The summed E-state index contributed by atoms with van der Waals surface area (Å²) >= 11 is 1.40. The van der Waals surface area contributed by atoms with Crippen molar-refractivity contribution in [2.45, 2.75) is 12.6 Å². The van der Waals surface area contributed by atoms with Crippen LogP contribution in [0.4, 0.5) is 5.69 Å². The first-order valence-electron chi connectivity index (χ1n) is 10.4. The number of H-pyrrole nitrogens is 1. The minimum atomic E-state index is -0.366. The van der Waals surface area contributed by atoms with Gasteiger partial charge in [-0.2, -0.15) is 0 Å².